The molecule has 1 N–H and O–H groups in total. The number of ether oxygens (including phenoxy) is 1. The Morgan fingerprint density at radius 2 is 2.00 bits per heavy atom. The fraction of sp³-hybridized carbons (Fsp3) is 0.545. The molecule has 5 nitrogen and oxygen atoms in total. The number of amides is 2. The second-order valence-corrected chi connectivity index (χ2v) is 8.26. The summed E-state index contributed by atoms with van der Waals surface area (Å²) in [5.74, 6) is -1.94. The first-order valence-electron chi connectivity index (χ1n) is 10.2. The number of carbonyl (C=O) groups excluding carboxylic acids is 2. The monoisotopic (exact) mass is 404 g/mol. The average molecular weight is 404 g/mol. The highest BCUT2D eigenvalue weighted by molar-refractivity contribution is 6.00. The molecule has 0 aromatic heterocycles. The summed E-state index contributed by atoms with van der Waals surface area (Å²) in [7, 11) is 1.65. The minimum absolute atomic E-state index is 0.0265. The smallest absolute Gasteiger partial charge is 0.248 e. The highest BCUT2D eigenvalue weighted by Gasteiger charge is 2.35. The summed E-state index contributed by atoms with van der Waals surface area (Å²) in [5.41, 5.74) is 2.54. The number of likely N-dealkylation sites (tertiary alicyclic amines) is 1. The Labute approximate surface area is 169 Å². The van der Waals surface area contributed by atoms with Crippen LogP contribution in [-0.4, -0.2) is 42.3 Å². The number of alkyl halides is 2. The summed E-state index contributed by atoms with van der Waals surface area (Å²) >= 11 is 0. The van der Waals surface area contributed by atoms with Gasteiger partial charge in [0.05, 0.1) is 12.3 Å². The van der Waals surface area contributed by atoms with Crippen molar-refractivity contribution in [2.75, 3.05) is 19.0 Å². The third kappa shape index (κ3) is 4.28. The molecule has 1 atom stereocenters. The van der Waals surface area contributed by atoms with Gasteiger partial charge in [0.25, 0.3) is 0 Å². The first-order valence-corrected chi connectivity index (χ1v) is 10.2. The van der Waals surface area contributed by atoms with Crippen LogP contribution >= 0.6 is 0 Å². The molecule has 2 amide bonds. The Hall–Kier alpha value is -2.44. The normalized spacial score (nSPS) is 24.0. The van der Waals surface area contributed by atoms with Crippen LogP contribution in [0.2, 0.25) is 0 Å². The topological polar surface area (TPSA) is 58.6 Å². The lowest BCUT2D eigenvalue weighted by Crippen LogP contribution is -2.38. The number of carbonyl (C=O) groups is 2. The Kier molecular flexibility index (Phi) is 5.32. The fourth-order valence-electron chi connectivity index (χ4n) is 4.35. The summed E-state index contributed by atoms with van der Waals surface area (Å²) in [6, 6.07) is 3.41. The fourth-order valence-corrected chi connectivity index (χ4v) is 4.35. The molecule has 4 rings (SSSR count). The van der Waals surface area contributed by atoms with Crippen LogP contribution in [0, 0.1) is 5.92 Å². The van der Waals surface area contributed by atoms with Gasteiger partial charge in [0, 0.05) is 38.3 Å². The molecule has 0 unspecified atom stereocenters. The van der Waals surface area contributed by atoms with E-state index >= 15 is 0 Å². The quantitative estimate of drug-likeness (QED) is 0.825. The molecule has 1 saturated carbocycles. The van der Waals surface area contributed by atoms with Gasteiger partial charge in [-0.3, -0.25) is 9.59 Å². The number of halogens is 2. The van der Waals surface area contributed by atoms with E-state index in [2.05, 4.69) is 5.32 Å². The second-order valence-electron chi connectivity index (χ2n) is 8.26. The summed E-state index contributed by atoms with van der Waals surface area (Å²) in [4.78, 5) is 25.9. The molecular formula is C22H26F2N2O3. The standard InChI is InChI=1S/C22H26F2N2O3/c1-26-18(4-5-19(26)27)21(28)25-17-13-15(12-16-8-11-29-20(16)17)3-2-14-6-9-22(23,24)10-7-14/h2-3,12-14,18H,4-11H2,1H3,(H,25,28)/b3-2+/t18-/m1/s1. The number of likely N-dealkylation sites (N-methyl/N-ethyl adjacent to an activating group) is 1. The van der Waals surface area contributed by atoms with Gasteiger partial charge < -0.3 is 15.0 Å². The van der Waals surface area contributed by atoms with Gasteiger partial charge in [0.15, 0.2) is 0 Å². The molecule has 0 bridgehead atoms. The van der Waals surface area contributed by atoms with Crippen LogP contribution in [0.3, 0.4) is 0 Å². The molecule has 2 fully saturated rings. The van der Waals surface area contributed by atoms with E-state index < -0.39 is 12.0 Å². The zero-order valence-corrected chi connectivity index (χ0v) is 16.5. The minimum Gasteiger partial charge on any atom is -0.491 e. The highest BCUT2D eigenvalue weighted by Crippen LogP contribution is 2.38. The molecule has 7 heteroatoms. The molecule has 1 saturated heterocycles. The summed E-state index contributed by atoms with van der Waals surface area (Å²) < 4.78 is 32.4. The van der Waals surface area contributed by atoms with Gasteiger partial charge >= 0.3 is 0 Å². The van der Waals surface area contributed by atoms with Crippen molar-refractivity contribution in [2.45, 2.75) is 56.9 Å². The molecule has 0 radical (unpaired) electrons. The molecule has 1 aliphatic carbocycles. The van der Waals surface area contributed by atoms with E-state index in [1.54, 1.807) is 7.05 Å². The number of nitrogens with zero attached hydrogens (tertiary/aromatic N) is 1. The largest absolute Gasteiger partial charge is 0.491 e. The number of allylic oxidation sites excluding steroid dienone is 1. The van der Waals surface area contributed by atoms with Gasteiger partial charge in [-0.25, -0.2) is 8.78 Å². The van der Waals surface area contributed by atoms with Gasteiger partial charge in [-0.1, -0.05) is 12.2 Å². The van der Waals surface area contributed by atoms with Crippen molar-refractivity contribution in [3.05, 3.63) is 29.3 Å². The molecule has 2 aliphatic heterocycles. The molecule has 1 aromatic carbocycles. The van der Waals surface area contributed by atoms with Crippen LogP contribution in [0.5, 0.6) is 5.75 Å². The maximum atomic E-state index is 13.3. The van der Waals surface area contributed by atoms with Crippen molar-refractivity contribution in [2.24, 2.45) is 5.92 Å². The van der Waals surface area contributed by atoms with Crippen LogP contribution in [0.25, 0.3) is 6.08 Å². The van der Waals surface area contributed by atoms with E-state index in [0.29, 0.717) is 43.7 Å². The Balaban J connectivity index is 1.50. The van der Waals surface area contributed by atoms with Crippen LogP contribution < -0.4 is 10.1 Å². The van der Waals surface area contributed by atoms with Crippen molar-refractivity contribution in [1.29, 1.82) is 0 Å². The SMILES string of the molecule is CN1C(=O)CC[C@@H]1C(=O)Nc1cc(/C=C/C2CCC(F)(F)CC2)cc2c1OCC2. The summed E-state index contributed by atoms with van der Waals surface area (Å²) in [6.07, 6.45) is 6.46. The van der Waals surface area contributed by atoms with E-state index in [1.807, 2.05) is 24.3 Å². The molecule has 29 heavy (non-hydrogen) atoms. The number of nitrogens with one attached hydrogen (secondary N) is 1. The summed E-state index contributed by atoms with van der Waals surface area (Å²) in [6.45, 7) is 0.560. The maximum absolute atomic E-state index is 13.3. The Bertz CT molecular complexity index is 843. The minimum atomic E-state index is -2.53. The van der Waals surface area contributed by atoms with Gasteiger partial charge in [-0.15, -0.1) is 0 Å². The number of rotatable bonds is 4. The van der Waals surface area contributed by atoms with E-state index in [4.69, 9.17) is 4.74 Å². The zero-order chi connectivity index (χ0) is 20.6. The van der Waals surface area contributed by atoms with Crippen LogP contribution in [0.15, 0.2) is 18.2 Å². The third-order valence-electron chi connectivity index (χ3n) is 6.18. The predicted octanol–water partition coefficient (Wildman–Crippen LogP) is 4.02. The van der Waals surface area contributed by atoms with E-state index in [0.717, 1.165) is 17.5 Å². The van der Waals surface area contributed by atoms with Gasteiger partial charge in [0.2, 0.25) is 17.7 Å². The van der Waals surface area contributed by atoms with Crippen molar-refractivity contribution >= 4 is 23.6 Å². The first kappa shape index (κ1) is 19.9. The predicted molar refractivity (Wildman–Crippen MR) is 106 cm³/mol. The average Bonchev–Trinajstić information content (AvgIpc) is 3.28. The second kappa shape index (κ2) is 7.76. The third-order valence-corrected chi connectivity index (χ3v) is 6.18. The van der Waals surface area contributed by atoms with E-state index in [1.165, 1.54) is 4.90 Å². The number of benzene rings is 1. The Morgan fingerprint density at radius 1 is 1.24 bits per heavy atom. The molecule has 0 spiro atoms. The van der Waals surface area contributed by atoms with Crippen molar-refractivity contribution in [1.82, 2.24) is 4.90 Å². The zero-order valence-electron chi connectivity index (χ0n) is 16.5. The van der Waals surface area contributed by atoms with Gasteiger partial charge in [-0.05, 0) is 42.9 Å². The maximum Gasteiger partial charge on any atom is 0.248 e. The van der Waals surface area contributed by atoms with Gasteiger partial charge in [-0.2, -0.15) is 0 Å². The lowest BCUT2D eigenvalue weighted by Gasteiger charge is -2.26. The Morgan fingerprint density at radius 3 is 2.69 bits per heavy atom. The lowest BCUT2D eigenvalue weighted by molar-refractivity contribution is -0.131. The highest BCUT2D eigenvalue weighted by atomic mass is 19.3. The molecule has 2 heterocycles. The van der Waals surface area contributed by atoms with Crippen LogP contribution in [-0.2, 0) is 16.0 Å². The number of hydrogen-bond acceptors (Lipinski definition) is 3. The van der Waals surface area contributed by atoms with Gasteiger partial charge in [0.1, 0.15) is 11.8 Å². The van der Waals surface area contributed by atoms with Crippen LogP contribution in [0.4, 0.5) is 14.5 Å². The molecule has 156 valence electrons. The molecule has 3 aliphatic rings. The number of hydrogen-bond donors (Lipinski definition) is 1. The van der Waals surface area contributed by atoms with Crippen molar-refractivity contribution in [3.63, 3.8) is 0 Å². The number of fused-ring (bicyclic) bond motifs is 1. The van der Waals surface area contributed by atoms with Crippen molar-refractivity contribution < 1.29 is 23.1 Å². The van der Waals surface area contributed by atoms with E-state index in [-0.39, 0.29) is 30.6 Å². The first-order chi connectivity index (χ1) is 13.8. The molecular weight excluding hydrogens is 378 g/mol. The van der Waals surface area contributed by atoms with Crippen LogP contribution in [0.1, 0.15) is 49.7 Å². The lowest BCUT2D eigenvalue weighted by atomic mass is 9.86. The summed E-state index contributed by atoms with van der Waals surface area (Å²) in [5, 5.41) is 2.93. The van der Waals surface area contributed by atoms with Crippen molar-refractivity contribution in [3.8, 4) is 5.75 Å². The number of anilines is 1. The van der Waals surface area contributed by atoms with E-state index in [9.17, 15) is 18.4 Å². The molecule has 1 aromatic rings.